The monoisotopic (exact) mass is 287 g/mol. The van der Waals surface area contributed by atoms with Crippen LogP contribution in [-0.4, -0.2) is 19.3 Å². The van der Waals surface area contributed by atoms with Gasteiger partial charge < -0.3 is 19.9 Å². The predicted molar refractivity (Wildman–Crippen MR) is 84.4 cm³/mol. The smallest absolute Gasteiger partial charge is 0.124 e. The summed E-state index contributed by atoms with van der Waals surface area (Å²) in [6, 6.07) is 11.2. The number of aromatic hydroxyl groups is 1. The lowest BCUT2D eigenvalue weighted by molar-refractivity contribution is 0.406. The summed E-state index contributed by atoms with van der Waals surface area (Å²) in [5, 5.41) is 13.4. The largest absolute Gasteiger partial charge is 0.507 e. The Morgan fingerprint density at radius 3 is 2.38 bits per heavy atom. The molecule has 0 spiro atoms. The van der Waals surface area contributed by atoms with Crippen LogP contribution in [0.4, 0.5) is 5.69 Å². The fourth-order valence-electron chi connectivity index (χ4n) is 2.31. The van der Waals surface area contributed by atoms with E-state index in [0.29, 0.717) is 5.75 Å². The molecule has 4 heteroatoms. The van der Waals surface area contributed by atoms with E-state index in [1.807, 2.05) is 44.2 Å². The van der Waals surface area contributed by atoms with Gasteiger partial charge in [0.05, 0.1) is 20.3 Å². The van der Waals surface area contributed by atoms with Crippen molar-refractivity contribution in [3.8, 4) is 17.2 Å². The van der Waals surface area contributed by atoms with E-state index in [1.165, 1.54) is 0 Å². The van der Waals surface area contributed by atoms with Crippen LogP contribution in [0, 0.1) is 6.92 Å². The van der Waals surface area contributed by atoms with Crippen LogP contribution in [0.3, 0.4) is 0 Å². The minimum absolute atomic E-state index is 0.0244. The van der Waals surface area contributed by atoms with Crippen molar-refractivity contribution in [3.63, 3.8) is 0 Å². The number of phenolic OH excluding ortho intramolecular Hbond substituents is 1. The fourth-order valence-corrected chi connectivity index (χ4v) is 2.31. The second-order valence-corrected chi connectivity index (χ2v) is 4.98. The van der Waals surface area contributed by atoms with Crippen molar-refractivity contribution in [3.05, 3.63) is 47.5 Å². The predicted octanol–water partition coefficient (Wildman–Crippen LogP) is 3.89. The lowest BCUT2D eigenvalue weighted by Gasteiger charge is -2.18. The average Bonchev–Trinajstić information content (AvgIpc) is 2.47. The number of nitrogens with one attached hydrogen (secondary N) is 1. The highest BCUT2D eigenvalue weighted by atomic mass is 16.5. The Morgan fingerprint density at radius 1 is 1.05 bits per heavy atom. The van der Waals surface area contributed by atoms with Gasteiger partial charge in [-0.1, -0.05) is 0 Å². The first-order chi connectivity index (χ1) is 10.0. The summed E-state index contributed by atoms with van der Waals surface area (Å²) in [5.74, 6) is 1.73. The van der Waals surface area contributed by atoms with Crippen molar-refractivity contribution in [2.75, 3.05) is 19.5 Å². The van der Waals surface area contributed by atoms with Crippen LogP contribution in [0.25, 0.3) is 0 Å². The summed E-state index contributed by atoms with van der Waals surface area (Å²) in [5.41, 5.74) is 2.87. The molecule has 0 saturated heterocycles. The number of rotatable bonds is 5. The molecule has 0 amide bonds. The first-order valence-electron chi connectivity index (χ1n) is 6.83. The molecule has 0 heterocycles. The molecule has 2 aromatic carbocycles. The van der Waals surface area contributed by atoms with E-state index in [2.05, 4.69) is 5.32 Å². The molecular formula is C17H21NO3. The molecular weight excluding hydrogens is 266 g/mol. The van der Waals surface area contributed by atoms with E-state index >= 15 is 0 Å². The topological polar surface area (TPSA) is 50.7 Å². The van der Waals surface area contributed by atoms with Crippen LogP contribution in [0.1, 0.15) is 24.1 Å². The number of aryl methyl sites for hydroxylation is 1. The van der Waals surface area contributed by atoms with Crippen LogP contribution in [0.5, 0.6) is 17.2 Å². The zero-order valence-electron chi connectivity index (χ0n) is 12.8. The molecule has 1 unspecified atom stereocenters. The van der Waals surface area contributed by atoms with Crippen molar-refractivity contribution in [2.24, 2.45) is 0 Å². The molecule has 4 nitrogen and oxygen atoms in total. The van der Waals surface area contributed by atoms with Gasteiger partial charge in [0.25, 0.3) is 0 Å². The highest BCUT2D eigenvalue weighted by Crippen LogP contribution is 2.31. The van der Waals surface area contributed by atoms with Gasteiger partial charge in [0.15, 0.2) is 0 Å². The first kappa shape index (κ1) is 15.0. The SMILES string of the molecule is COc1ccc(C(C)Nc2ccc(OC)c(C)c2)c(O)c1. The Labute approximate surface area is 125 Å². The van der Waals surface area contributed by atoms with Gasteiger partial charge in [-0.15, -0.1) is 0 Å². The highest BCUT2D eigenvalue weighted by molar-refractivity contribution is 5.53. The quantitative estimate of drug-likeness (QED) is 0.876. The van der Waals surface area contributed by atoms with Gasteiger partial charge in [0.2, 0.25) is 0 Å². The van der Waals surface area contributed by atoms with Crippen LogP contribution < -0.4 is 14.8 Å². The van der Waals surface area contributed by atoms with Gasteiger partial charge in [-0.2, -0.15) is 0 Å². The van der Waals surface area contributed by atoms with E-state index in [0.717, 1.165) is 22.6 Å². The number of methoxy groups -OCH3 is 2. The molecule has 112 valence electrons. The van der Waals surface area contributed by atoms with E-state index in [1.54, 1.807) is 20.3 Å². The van der Waals surface area contributed by atoms with Gasteiger partial charge in [0, 0.05) is 17.3 Å². The molecule has 0 bridgehead atoms. The molecule has 0 fully saturated rings. The second-order valence-electron chi connectivity index (χ2n) is 4.98. The highest BCUT2D eigenvalue weighted by Gasteiger charge is 2.11. The minimum atomic E-state index is -0.0244. The van der Waals surface area contributed by atoms with E-state index < -0.39 is 0 Å². The van der Waals surface area contributed by atoms with Crippen LogP contribution in [-0.2, 0) is 0 Å². The summed E-state index contributed by atoms with van der Waals surface area (Å²) < 4.78 is 10.3. The van der Waals surface area contributed by atoms with Gasteiger partial charge in [-0.3, -0.25) is 0 Å². The third-order valence-corrected chi connectivity index (χ3v) is 3.48. The van der Waals surface area contributed by atoms with Crippen LogP contribution in [0.2, 0.25) is 0 Å². The summed E-state index contributed by atoms with van der Waals surface area (Å²) in [6.45, 7) is 4.00. The van der Waals surface area contributed by atoms with Crippen molar-refractivity contribution >= 4 is 5.69 Å². The van der Waals surface area contributed by atoms with Gasteiger partial charge in [-0.25, -0.2) is 0 Å². The number of anilines is 1. The van der Waals surface area contributed by atoms with Gasteiger partial charge >= 0.3 is 0 Å². The standard InChI is InChI=1S/C17H21NO3/c1-11-9-13(5-8-17(11)21-4)18-12(2)15-7-6-14(20-3)10-16(15)19/h5-10,12,18-19H,1-4H3. The maximum atomic E-state index is 10.1. The Hall–Kier alpha value is -2.36. The number of ether oxygens (including phenoxy) is 2. The summed E-state index contributed by atoms with van der Waals surface area (Å²) in [4.78, 5) is 0. The molecule has 1 atom stereocenters. The molecule has 0 aliphatic heterocycles. The molecule has 0 aliphatic carbocycles. The minimum Gasteiger partial charge on any atom is -0.507 e. The maximum Gasteiger partial charge on any atom is 0.124 e. The van der Waals surface area contributed by atoms with Crippen molar-refractivity contribution < 1.29 is 14.6 Å². The van der Waals surface area contributed by atoms with Crippen molar-refractivity contribution in [1.29, 1.82) is 0 Å². The lowest BCUT2D eigenvalue weighted by Crippen LogP contribution is -2.07. The Bertz CT molecular complexity index is 625. The molecule has 0 saturated carbocycles. The van der Waals surface area contributed by atoms with Crippen molar-refractivity contribution in [1.82, 2.24) is 0 Å². The van der Waals surface area contributed by atoms with Crippen molar-refractivity contribution in [2.45, 2.75) is 19.9 Å². The average molecular weight is 287 g/mol. The summed E-state index contributed by atoms with van der Waals surface area (Å²) in [7, 11) is 3.24. The number of benzene rings is 2. The zero-order chi connectivity index (χ0) is 15.4. The number of phenols is 1. The molecule has 2 N–H and O–H groups in total. The Morgan fingerprint density at radius 2 is 1.81 bits per heavy atom. The molecule has 2 aromatic rings. The summed E-state index contributed by atoms with van der Waals surface area (Å²) in [6.07, 6.45) is 0. The number of hydrogen-bond donors (Lipinski definition) is 2. The Kier molecular flexibility index (Phi) is 4.58. The Balaban J connectivity index is 2.17. The number of hydrogen-bond acceptors (Lipinski definition) is 4. The molecule has 0 aromatic heterocycles. The van der Waals surface area contributed by atoms with Gasteiger partial charge in [-0.05, 0) is 49.7 Å². The lowest BCUT2D eigenvalue weighted by atomic mass is 10.1. The fraction of sp³-hybridized carbons (Fsp3) is 0.294. The van der Waals surface area contributed by atoms with Gasteiger partial charge in [0.1, 0.15) is 17.2 Å². The molecule has 0 aliphatic rings. The molecule has 0 radical (unpaired) electrons. The van der Waals surface area contributed by atoms with Crippen LogP contribution in [0.15, 0.2) is 36.4 Å². The molecule has 21 heavy (non-hydrogen) atoms. The molecule has 2 rings (SSSR count). The normalized spacial score (nSPS) is 11.8. The van der Waals surface area contributed by atoms with E-state index in [-0.39, 0.29) is 11.8 Å². The van der Waals surface area contributed by atoms with E-state index in [4.69, 9.17) is 9.47 Å². The first-order valence-corrected chi connectivity index (χ1v) is 6.83. The zero-order valence-corrected chi connectivity index (χ0v) is 12.8. The third-order valence-electron chi connectivity index (χ3n) is 3.48. The third kappa shape index (κ3) is 3.40. The summed E-state index contributed by atoms with van der Waals surface area (Å²) >= 11 is 0. The van der Waals surface area contributed by atoms with Crippen LogP contribution >= 0.6 is 0 Å². The second kappa shape index (κ2) is 6.39. The van der Waals surface area contributed by atoms with E-state index in [9.17, 15) is 5.11 Å². The maximum absolute atomic E-state index is 10.1.